The molecule has 0 spiro atoms. The minimum absolute atomic E-state index is 0.0185. The van der Waals surface area contributed by atoms with Crippen LogP contribution in [0.25, 0.3) is 5.65 Å². The molecule has 0 bridgehead atoms. The quantitative estimate of drug-likeness (QED) is 0.734. The first-order valence-electron chi connectivity index (χ1n) is 8.37. The number of ether oxygens (including phenoxy) is 1. The van der Waals surface area contributed by atoms with E-state index in [9.17, 15) is 4.79 Å². The molecule has 128 valence electrons. The molecule has 7 heteroatoms. The number of rotatable bonds is 3. The van der Waals surface area contributed by atoms with Crippen LogP contribution >= 0.6 is 0 Å². The third kappa shape index (κ3) is 2.93. The van der Waals surface area contributed by atoms with Crippen molar-refractivity contribution in [3.05, 3.63) is 54.1 Å². The van der Waals surface area contributed by atoms with Gasteiger partial charge in [-0.05, 0) is 31.4 Å². The highest BCUT2D eigenvalue weighted by molar-refractivity contribution is 5.94. The maximum atomic E-state index is 13.0. The van der Waals surface area contributed by atoms with Crippen LogP contribution in [0.3, 0.4) is 0 Å². The fraction of sp³-hybridized carbons (Fsp3) is 0.333. The summed E-state index contributed by atoms with van der Waals surface area (Å²) < 4.78 is 6.79. The number of hydrogen-bond acceptors (Lipinski definition) is 5. The zero-order valence-electron chi connectivity index (χ0n) is 14.0. The van der Waals surface area contributed by atoms with Crippen molar-refractivity contribution < 1.29 is 9.53 Å². The Hall–Kier alpha value is -2.96. The number of pyridine rings is 1. The summed E-state index contributed by atoms with van der Waals surface area (Å²) in [4.78, 5) is 23.7. The SMILES string of the molecule is COc1ccc(C(=O)N2CCCC[C@@H]2c2ccn3nccc3n2)cn1. The van der Waals surface area contributed by atoms with Crippen LogP contribution in [0.4, 0.5) is 0 Å². The molecule has 4 heterocycles. The van der Waals surface area contributed by atoms with Gasteiger partial charge < -0.3 is 9.64 Å². The average molecular weight is 337 g/mol. The second kappa shape index (κ2) is 6.51. The van der Waals surface area contributed by atoms with Gasteiger partial charge in [0.2, 0.25) is 5.88 Å². The van der Waals surface area contributed by atoms with E-state index in [4.69, 9.17) is 4.74 Å². The van der Waals surface area contributed by atoms with E-state index in [1.54, 1.807) is 36.2 Å². The lowest BCUT2D eigenvalue weighted by atomic mass is 9.98. The summed E-state index contributed by atoms with van der Waals surface area (Å²) in [6, 6.07) is 7.26. The monoisotopic (exact) mass is 337 g/mol. The Bertz CT molecular complexity index is 890. The zero-order valence-corrected chi connectivity index (χ0v) is 14.0. The molecule has 1 atom stereocenters. The molecule has 4 rings (SSSR count). The summed E-state index contributed by atoms with van der Waals surface area (Å²) in [5, 5.41) is 4.18. The van der Waals surface area contributed by atoms with Crippen LogP contribution in [0.2, 0.25) is 0 Å². The molecule has 0 N–H and O–H groups in total. The smallest absolute Gasteiger partial charge is 0.255 e. The van der Waals surface area contributed by atoms with E-state index in [1.165, 1.54) is 0 Å². The predicted octanol–water partition coefficient (Wildman–Crippen LogP) is 2.50. The maximum absolute atomic E-state index is 13.0. The Balaban J connectivity index is 1.64. The van der Waals surface area contributed by atoms with E-state index in [0.717, 1.165) is 37.1 Å². The highest BCUT2D eigenvalue weighted by Gasteiger charge is 2.30. The summed E-state index contributed by atoms with van der Waals surface area (Å²) in [6.07, 6.45) is 8.18. The number of aromatic nitrogens is 4. The molecule has 1 fully saturated rings. The Kier molecular flexibility index (Phi) is 4.05. The molecule has 1 aliphatic heterocycles. The molecule has 0 aliphatic carbocycles. The molecule has 0 radical (unpaired) electrons. The molecule has 1 amide bonds. The minimum atomic E-state index is -0.0248. The number of nitrogens with zero attached hydrogens (tertiary/aromatic N) is 5. The van der Waals surface area contributed by atoms with Crippen molar-refractivity contribution in [2.75, 3.05) is 13.7 Å². The fourth-order valence-corrected chi connectivity index (χ4v) is 3.29. The molecule has 3 aromatic heterocycles. The fourth-order valence-electron chi connectivity index (χ4n) is 3.29. The van der Waals surface area contributed by atoms with Gasteiger partial charge in [0.1, 0.15) is 0 Å². The van der Waals surface area contributed by atoms with Crippen molar-refractivity contribution in [3.8, 4) is 5.88 Å². The van der Waals surface area contributed by atoms with Gasteiger partial charge >= 0.3 is 0 Å². The van der Waals surface area contributed by atoms with Crippen LogP contribution < -0.4 is 4.74 Å². The number of piperidine rings is 1. The van der Waals surface area contributed by atoms with E-state index < -0.39 is 0 Å². The van der Waals surface area contributed by atoms with Gasteiger partial charge in [0.05, 0.1) is 30.6 Å². The van der Waals surface area contributed by atoms with Crippen molar-refractivity contribution in [2.24, 2.45) is 0 Å². The maximum Gasteiger partial charge on any atom is 0.255 e. The molecular weight excluding hydrogens is 318 g/mol. The van der Waals surface area contributed by atoms with Gasteiger partial charge in [-0.25, -0.2) is 14.5 Å². The van der Waals surface area contributed by atoms with Crippen LogP contribution in [-0.4, -0.2) is 44.0 Å². The molecule has 0 saturated carbocycles. The van der Waals surface area contributed by atoms with E-state index in [-0.39, 0.29) is 11.9 Å². The van der Waals surface area contributed by atoms with Crippen LogP contribution in [-0.2, 0) is 0 Å². The largest absolute Gasteiger partial charge is 0.481 e. The number of carbonyl (C=O) groups excluding carboxylic acids is 1. The lowest BCUT2D eigenvalue weighted by Gasteiger charge is -2.35. The molecule has 25 heavy (non-hydrogen) atoms. The highest BCUT2D eigenvalue weighted by atomic mass is 16.5. The molecule has 1 saturated heterocycles. The molecular formula is C18H19N5O2. The summed E-state index contributed by atoms with van der Waals surface area (Å²) in [6.45, 7) is 0.724. The van der Waals surface area contributed by atoms with Gasteiger partial charge in [0.15, 0.2) is 5.65 Å². The van der Waals surface area contributed by atoms with E-state index in [1.807, 2.05) is 23.2 Å². The first-order chi connectivity index (χ1) is 12.3. The number of amides is 1. The minimum Gasteiger partial charge on any atom is -0.481 e. The predicted molar refractivity (Wildman–Crippen MR) is 91.4 cm³/mol. The van der Waals surface area contributed by atoms with E-state index >= 15 is 0 Å². The van der Waals surface area contributed by atoms with Crippen molar-refractivity contribution in [3.63, 3.8) is 0 Å². The van der Waals surface area contributed by atoms with Gasteiger partial charge in [-0.1, -0.05) is 0 Å². The lowest BCUT2D eigenvalue weighted by molar-refractivity contribution is 0.0605. The lowest BCUT2D eigenvalue weighted by Crippen LogP contribution is -2.39. The standard InChI is InChI=1S/C18H19N5O2/c1-25-17-6-5-13(12-19-17)18(24)22-10-3-2-4-15(22)14-8-11-23-16(21-14)7-9-20-23/h5-9,11-12,15H,2-4,10H2,1H3/t15-/m1/s1. The van der Waals surface area contributed by atoms with Crippen LogP contribution in [0, 0.1) is 0 Å². The van der Waals surface area contributed by atoms with E-state index in [2.05, 4.69) is 15.1 Å². The molecule has 3 aromatic rings. The number of carbonyl (C=O) groups is 1. The highest BCUT2D eigenvalue weighted by Crippen LogP contribution is 2.31. The zero-order chi connectivity index (χ0) is 17.2. The Morgan fingerprint density at radius 1 is 1.24 bits per heavy atom. The number of methoxy groups -OCH3 is 1. The third-order valence-corrected chi connectivity index (χ3v) is 4.58. The number of hydrogen-bond donors (Lipinski definition) is 0. The molecule has 0 unspecified atom stereocenters. The summed E-state index contributed by atoms with van der Waals surface area (Å²) in [5.74, 6) is 0.481. The first kappa shape index (κ1) is 15.6. The Morgan fingerprint density at radius 2 is 2.16 bits per heavy atom. The second-order valence-corrected chi connectivity index (χ2v) is 6.09. The van der Waals surface area contributed by atoms with Gasteiger partial charge in [-0.15, -0.1) is 0 Å². The normalized spacial score (nSPS) is 17.6. The topological polar surface area (TPSA) is 72.6 Å². The first-order valence-corrected chi connectivity index (χ1v) is 8.37. The molecule has 1 aliphatic rings. The van der Waals surface area contributed by atoms with E-state index in [0.29, 0.717) is 11.4 Å². The van der Waals surface area contributed by atoms with Gasteiger partial charge in [0, 0.05) is 31.1 Å². The summed E-state index contributed by atoms with van der Waals surface area (Å²) >= 11 is 0. The van der Waals surface area contributed by atoms with Crippen LogP contribution in [0.1, 0.15) is 41.4 Å². The average Bonchev–Trinajstić information content (AvgIpc) is 3.15. The van der Waals surface area contributed by atoms with Crippen LogP contribution in [0.5, 0.6) is 5.88 Å². The Morgan fingerprint density at radius 3 is 2.96 bits per heavy atom. The molecule has 0 aromatic carbocycles. The van der Waals surface area contributed by atoms with Crippen molar-refractivity contribution in [2.45, 2.75) is 25.3 Å². The summed E-state index contributed by atoms with van der Waals surface area (Å²) in [5.41, 5.74) is 2.27. The summed E-state index contributed by atoms with van der Waals surface area (Å²) in [7, 11) is 1.56. The van der Waals surface area contributed by atoms with Crippen molar-refractivity contribution >= 4 is 11.6 Å². The number of likely N-dealkylation sites (tertiary alicyclic amines) is 1. The van der Waals surface area contributed by atoms with Crippen LogP contribution in [0.15, 0.2) is 42.9 Å². The Labute approximate surface area is 145 Å². The third-order valence-electron chi connectivity index (χ3n) is 4.58. The second-order valence-electron chi connectivity index (χ2n) is 6.09. The van der Waals surface area contributed by atoms with Gasteiger partial charge in [-0.3, -0.25) is 4.79 Å². The van der Waals surface area contributed by atoms with Gasteiger partial charge in [-0.2, -0.15) is 5.10 Å². The van der Waals surface area contributed by atoms with Crippen molar-refractivity contribution in [1.82, 2.24) is 24.5 Å². The number of fused-ring (bicyclic) bond motifs is 1. The molecule has 7 nitrogen and oxygen atoms in total. The van der Waals surface area contributed by atoms with Gasteiger partial charge in [0.25, 0.3) is 5.91 Å². The van der Waals surface area contributed by atoms with Crippen molar-refractivity contribution in [1.29, 1.82) is 0 Å².